The van der Waals surface area contributed by atoms with Gasteiger partial charge in [-0.15, -0.1) is 0 Å². The maximum atomic E-state index is 12.1. The molecule has 3 heteroatoms. The molecular weight excluding hydrogens is 236 g/mol. The van der Waals surface area contributed by atoms with Crippen LogP contribution in [0.5, 0.6) is 0 Å². The van der Waals surface area contributed by atoms with Crippen molar-refractivity contribution in [2.75, 3.05) is 7.05 Å². The molecule has 1 saturated carbocycles. The van der Waals surface area contributed by atoms with Crippen molar-refractivity contribution in [3.8, 4) is 0 Å². The van der Waals surface area contributed by atoms with Crippen molar-refractivity contribution >= 4 is 5.91 Å². The number of carbonyl (C=O) groups excluding carboxylic acids is 1. The van der Waals surface area contributed by atoms with Gasteiger partial charge in [-0.2, -0.15) is 0 Å². The molecule has 0 aromatic heterocycles. The van der Waals surface area contributed by atoms with E-state index >= 15 is 0 Å². The predicted octanol–water partition coefficient (Wildman–Crippen LogP) is 2.62. The van der Waals surface area contributed by atoms with E-state index in [9.17, 15) is 4.79 Å². The molecule has 1 aromatic rings. The lowest BCUT2D eigenvalue weighted by Gasteiger charge is -2.36. The van der Waals surface area contributed by atoms with E-state index in [0.29, 0.717) is 13.0 Å². The quantitative estimate of drug-likeness (QED) is 0.854. The topological polar surface area (TPSA) is 41.1 Å². The first-order chi connectivity index (χ1) is 9.24. The highest BCUT2D eigenvalue weighted by Crippen LogP contribution is 2.30. The van der Waals surface area contributed by atoms with E-state index < -0.39 is 0 Å². The lowest BCUT2D eigenvalue weighted by atomic mass is 9.79. The SMILES string of the molecule is CNC1(CC(=O)NCc2ccccc2)CCCCC1. The van der Waals surface area contributed by atoms with Crippen molar-refractivity contribution in [1.29, 1.82) is 0 Å². The van der Waals surface area contributed by atoms with Gasteiger partial charge in [-0.25, -0.2) is 0 Å². The molecule has 1 aliphatic rings. The van der Waals surface area contributed by atoms with Crippen LogP contribution in [0.1, 0.15) is 44.1 Å². The highest BCUT2D eigenvalue weighted by atomic mass is 16.1. The van der Waals surface area contributed by atoms with Crippen LogP contribution in [0, 0.1) is 0 Å². The Morgan fingerprint density at radius 2 is 1.84 bits per heavy atom. The van der Waals surface area contributed by atoms with Gasteiger partial charge in [0.25, 0.3) is 0 Å². The Kier molecular flexibility index (Phi) is 4.97. The zero-order valence-electron chi connectivity index (χ0n) is 11.7. The lowest BCUT2D eigenvalue weighted by molar-refractivity contribution is -0.123. The van der Waals surface area contributed by atoms with Crippen LogP contribution in [-0.4, -0.2) is 18.5 Å². The third-order valence-electron chi connectivity index (χ3n) is 4.17. The molecule has 0 heterocycles. The van der Waals surface area contributed by atoms with Crippen molar-refractivity contribution < 1.29 is 4.79 Å². The zero-order chi connectivity index (χ0) is 13.6. The van der Waals surface area contributed by atoms with Gasteiger partial charge in [0.1, 0.15) is 0 Å². The molecule has 0 aliphatic heterocycles. The van der Waals surface area contributed by atoms with Gasteiger partial charge >= 0.3 is 0 Å². The number of hydrogen-bond donors (Lipinski definition) is 2. The summed E-state index contributed by atoms with van der Waals surface area (Å²) in [6.45, 7) is 0.624. The Balaban J connectivity index is 1.83. The van der Waals surface area contributed by atoms with Crippen molar-refractivity contribution in [1.82, 2.24) is 10.6 Å². The fourth-order valence-corrected chi connectivity index (χ4v) is 2.91. The second kappa shape index (κ2) is 6.71. The van der Waals surface area contributed by atoms with Crippen LogP contribution >= 0.6 is 0 Å². The Labute approximate surface area is 115 Å². The summed E-state index contributed by atoms with van der Waals surface area (Å²) in [7, 11) is 1.98. The molecule has 0 bridgehead atoms. The predicted molar refractivity (Wildman–Crippen MR) is 77.8 cm³/mol. The van der Waals surface area contributed by atoms with Gasteiger partial charge in [-0.1, -0.05) is 49.6 Å². The molecular formula is C16H24N2O. The smallest absolute Gasteiger partial charge is 0.222 e. The maximum Gasteiger partial charge on any atom is 0.222 e. The fraction of sp³-hybridized carbons (Fsp3) is 0.562. The molecule has 1 fully saturated rings. The first kappa shape index (κ1) is 14.1. The van der Waals surface area contributed by atoms with E-state index in [1.165, 1.54) is 19.3 Å². The highest BCUT2D eigenvalue weighted by Gasteiger charge is 2.32. The van der Waals surface area contributed by atoms with Gasteiger partial charge < -0.3 is 10.6 Å². The minimum Gasteiger partial charge on any atom is -0.352 e. The largest absolute Gasteiger partial charge is 0.352 e. The van der Waals surface area contributed by atoms with Crippen LogP contribution < -0.4 is 10.6 Å². The molecule has 1 aliphatic carbocycles. The molecule has 1 aromatic carbocycles. The van der Waals surface area contributed by atoms with Gasteiger partial charge in [0.15, 0.2) is 0 Å². The van der Waals surface area contributed by atoms with E-state index in [2.05, 4.69) is 10.6 Å². The molecule has 3 nitrogen and oxygen atoms in total. The third kappa shape index (κ3) is 4.06. The standard InChI is InChI=1S/C16H24N2O/c1-17-16(10-6-3-7-11-16)12-15(19)18-13-14-8-4-2-5-9-14/h2,4-5,8-9,17H,3,6-7,10-13H2,1H3,(H,18,19). The maximum absolute atomic E-state index is 12.1. The van der Waals surface area contributed by atoms with Gasteiger partial charge in [0.05, 0.1) is 0 Å². The summed E-state index contributed by atoms with van der Waals surface area (Å²) < 4.78 is 0. The second-order valence-electron chi connectivity index (χ2n) is 5.53. The molecule has 0 unspecified atom stereocenters. The van der Waals surface area contributed by atoms with Crippen molar-refractivity contribution in [2.45, 2.75) is 50.6 Å². The van der Waals surface area contributed by atoms with Gasteiger partial charge in [-0.3, -0.25) is 4.79 Å². The van der Waals surface area contributed by atoms with E-state index in [1.54, 1.807) is 0 Å². The molecule has 0 radical (unpaired) electrons. The average Bonchev–Trinajstić information content (AvgIpc) is 2.47. The second-order valence-corrected chi connectivity index (χ2v) is 5.53. The van der Waals surface area contributed by atoms with Gasteiger partial charge in [-0.05, 0) is 25.5 Å². The minimum atomic E-state index is 0.0268. The van der Waals surface area contributed by atoms with Gasteiger partial charge in [0, 0.05) is 18.5 Å². The molecule has 0 saturated heterocycles. The third-order valence-corrected chi connectivity index (χ3v) is 4.17. The summed E-state index contributed by atoms with van der Waals surface area (Å²) in [6, 6.07) is 10.1. The number of amides is 1. The Bertz CT molecular complexity index is 396. The molecule has 104 valence electrons. The van der Waals surface area contributed by atoms with Crippen LogP contribution in [0.3, 0.4) is 0 Å². The van der Waals surface area contributed by atoms with E-state index in [0.717, 1.165) is 18.4 Å². The number of carbonyl (C=O) groups is 1. The van der Waals surface area contributed by atoms with Crippen LogP contribution in [-0.2, 0) is 11.3 Å². The zero-order valence-corrected chi connectivity index (χ0v) is 11.7. The highest BCUT2D eigenvalue weighted by molar-refractivity contribution is 5.77. The first-order valence-corrected chi connectivity index (χ1v) is 7.24. The average molecular weight is 260 g/mol. The van der Waals surface area contributed by atoms with Crippen LogP contribution in [0.15, 0.2) is 30.3 Å². The summed E-state index contributed by atoms with van der Waals surface area (Å²) in [5.74, 6) is 0.153. The van der Waals surface area contributed by atoms with Crippen LogP contribution in [0.2, 0.25) is 0 Å². The van der Waals surface area contributed by atoms with E-state index in [-0.39, 0.29) is 11.4 Å². The molecule has 1 amide bonds. The van der Waals surface area contributed by atoms with Crippen LogP contribution in [0.25, 0.3) is 0 Å². The van der Waals surface area contributed by atoms with Crippen molar-refractivity contribution in [3.63, 3.8) is 0 Å². The van der Waals surface area contributed by atoms with Crippen LogP contribution in [0.4, 0.5) is 0 Å². The molecule has 2 N–H and O–H groups in total. The van der Waals surface area contributed by atoms with E-state index in [4.69, 9.17) is 0 Å². The normalized spacial score (nSPS) is 17.9. The number of nitrogens with one attached hydrogen (secondary N) is 2. The summed E-state index contributed by atoms with van der Waals surface area (Å²) in [4.78, 5) is 12.1. The Morgan fingerprint density at radius 3 is 2.47 bits per heavy atom. The Morgan fingerprint density at radius 1 is 1.16 bits per heavy atom. The van der Waals surface area contributed by atoms with Crippen molar-refractivity contribution in [2.24, 2.45) is 0 Å². The lowest BCUT2D eigenvalue weighted by Crippen LogP contribution is -2.48. The number of benzene rings is 1. The van der Waals surface area contributed by atoms with Gasteiger partial charge in [0.2, 0.25) is 5.91 Å². The van der Waals surface area contributed by atoms with E-state index in [1.807, 2.05) is 37.4 Å². The monoisotopic (exact) mass is 260 g/mol. The molecule has 2 rings (SSSR count). The summed E-state index contributed by atoms with van der Waals surface area (Å²) >= 11 is 0. The number of hydrogen-bond acceptors (Lipinski definition) is 2. The Hall–Kier alpha value is -1.35. The van der Waals surface area contributed by atoms with Crippen molar-refractivity contribution in [3.05, 3.63) is 35.9 Å². The summed E-state index contributed by atoms with van der Waals surface area (Å²) in [6.07, 6.45) is 6.58. The number of rotatable bonds is 5. The minimum absolute atomic E-state index is 0.0268. The summed E-state index contributed by atoms with van der Waals surface area (Å²) in [5.41, 5.74) is 1.18. The first-order valence-electron chi connectivity index (χ1n) is 7.24. The summed E-state index contributed by atoms with van der Waals surface area (Å²) in [5, 5.41) is 6.41. The molecule has 0 atom stereocenters. The molecule has 0 spiro atoms. The molecule has 19 heavy (non-hydrogen) atoms. The fourth-order valence-electron chi connectivity index (χ4n) is 2.91.